The van der Waals surface area contributed by atoms with Gasteiger partial charge < -0.3 is 4.74 Å². The first-order valence-corrected chi connectivity index (χ1v) is 5.84. The van der Waals surface area contributed by atoms with Crippen molar-refractivity contribution in [2.24, 2.45) is 0 Å². The summed E-state index contributed by atoms with van der Waals surface area (Å²) in [6.45, 7) is 2.73. The maximum atomic E-state index is 11.9. The minimum absolute atomic E-state index is 0.182. The molecule has 0 radical (unpaired) electrons. The van der Waals surface area contributed by atoms with Gasteiger partial charge in [0.1, 0.15) is 0 Å². The van der Waals surface area contributed by atoms with Crippen LogP contribution in [0.2, 0.25) is 0 Å². The summed E-state index contributed by atoms with van der Waals surface area (Å²) >= 11 is 0. The molecule has 1 aromatic rings. The van der Waals surface area contributed by atoms with E-state index in [0.29, 0.717) is 12.5 Å². The van der Waals surface area contributed by atoms with Crippen molar-refractivity contribution in [3.8, 4) is 0 Å². The first-order valence-electron chi connectivity index (χ1n) is 5.84. The molecule has 0 N–H and O–H groups in total. The predicted octanol–water partition coefficient (Wildman–Crippen LogP) is 2.53. The van der Waals surface area contributed by atoms with E-state index >= 15 is 0 Å². The number of Topliss-reactive ketones (excluding diaryl/α,β-unsaturated/α-hetero) is 1. The number of nitrogens with zero attached hydrogens (tertiary/aromatic N) is 1. The Hall–Kier alpha value is -1.22. The molecule has 1 aromatic heterocycles. The molecule has 1 unspecified atom stereocenters. The van der Waals surface area contributed by atoms with Crippen molar-refractivity contribution < 1.29 is 9.53 Å². The van der Waals surface area contributed by atoms with Gasteiger partial charge in [0.2, 0.25) is 0 Å². The highest BCUT2D eigenvalue weighted by Gasteiger charge is 2.17. The van der Waals surface area contributed by atoms with Gasteiger partial charge in [-0.25, -0.2) is 0 Å². The Morgan fingerprint density at radius 1 is 1.62 bits per heavy atom. The second-order valence-corrected chi connectivity index (χ2v) is 4.23. The van der Waals surface area contributed by atoms with E-state index in [9.17, 15) is 4.79 Å². The SMILES string of the molecule is Cc1ncccc1C(=O)CCC1CCCO1. The molecule has 0 aromatic carbocycles. The summed E-state index contributed by atoms with van der Waals surface area (Å²) in [5, 5.41) is 0. The van der Waals surface area contributed by atoms with Crippen LogP contribution < -0.4 is 0 Å². The van der Waals surface area contributed by atoms with Crippen LogP contribution in [-0.4, -0.2) is 23.5 Å². The number of aryl methyl sites for hydroxylation is 1. The molecule has 1 aliphatic rings. The zero-order chi connectivity index (χ0) is 11.4. The van der Waals surface area contributed by atoms with Crippen molar-refractivity contribution in [3.63, 3.8) is 0 Å². The molecule has 16 heavy (non-hydrogen) atoms. The zero-order valence-electron chi connectivity index (χ0n) is 9.61. The molecule has 2 rings (SSSR count). The average Bonchev–Trinajstić information content (AvgIpc) is 2.79. The molecule has 1 saturated heterocycles. The lowest BCUT2D eigenvalue weighted by molar-refractivity contribution is 0.0858. The van der Waals surface area contributed by atoms with Crippen LogP contribution in [0, 0.1) is 6.92 Å². The molecule has 1 fully saturated rings. The number of ketones is 1. The highest BCUT2D eigenvalue weighted by molar-refractivity contribution is 5.96. The average molecular weight is 219 g/mol. The Bertz CT molecular complexity index is 370. The van der Waals surface area contributed by atoms with Crippen LogP contribution in [0.5, 0.6) is 0 Å². The van der Waals surface area contributed by atoms with E-state index in [0.717, 1.165) is 37.1 Å². The molecular weight excluding hydrogens is 202 g/mol. The second kappa shape index (κ2) is 5.21. The summed E-state index contributed by atoms with van der Waals surface area (Å²) in [6.07, 6.45) is 5.64. The van der Waals surface area contributed by atoms with Crippen LogP contribution in [0.25, 0.3) is 0 Å². The molecule has 0 aliphatic carbocycles. The number of aromatic nitrogens is 1. The van der Waals surface area contributed by atoms with E-state index in [1.54, 1.807) is 6.20 Å². The molecule has 86 valence electrons. The highest BCUT2D eigenvalue weighted by Crippen LogP contribution is 2.18. The largest absolute Gasteiger partial charge is 0.378 e. The molecule has 1 atom stereocenters. The van der Waals surface area contributed by atoms with Gasteiger partial charge in [0.05, 0.1) is 6.10 Å². The Morgan fingerprint density at radius 2 is 2.50 bits per heavy atom. The Morgan fingerprint density at radius 3 is 3.19 bits per heavy atom. The summed E-state index contributed by atoms with van der Waals surface area (Å²) in [6, 6.07) is 3.66. The maximum Gasteiger partial charge on any atom is 0.164 e. The molecule has 3 heteroatoms. The van der Waals surface area contributed by atoms with Gasteiger partial charge in [-0.05, 0) is 38.3 Å². The first kappa shape index (κ1) is 11.3. The summed E-state index contributed by atoms with van der Waals surface area (Å²) in [4.78, 5) is 16.1. The van der Waals surface area contributed by atoms with Crippen molar-refractivity contribution in [3.05, 3.63) is 29.6 Å². The fraction of sp³-hybridized carbons (Fsp3) is 0.538. The lowest BCUT2D eigenvalue weighted by atomic mass is 10.0. The third kappa shape index (κ3) is 2.67. The van der Waals surface area contributed by atoms with Crippen molar-refractivity contribution in [1.82, 2.24) is 4.98 Å². The molecule has 0 bridgehead atoms. The van der Waals surface area contributed by atoms with Crippen LogP contribution in [0.3, 0.4) is 0 Å². The van der Waals surface area contributed by atoms with Gasteiger partial charge in [0.25, 0.3) is 0 Å². The number of hydrogen-bond acceptors (Lipinski definition) is 3. The fourth-order valence-corrected chi connectivity index (χ4v) is 2.08. The summed E-state index contributed by atoms with van der Waals surface area (Å²) in [5.74, 6) is 0.182. The molecule has 0 saturated carbocycles. The topological polar surface area (TPSA) is 39.2 Å². The summed E-state index contributed by atoms with van der Waals surface area (Å²) in [5.41, 5.74) is 1.57. The zero-order valence-corrected chi connectivity index (χ0v) is 9.61. The molecule has 2 heterocycles. The maximum absolute atomic E-state index is 11.9. The van der Waals surface area contributed by atoms with Crippen molar-refractivity contribution in [2.45, 2.75) is 38.7 Å². The third-order valence-corrected chi connectivity index (χ3v) is 3.02. The number of carbonyl (C=O) groups is 1. The standard InChI is InChI=1S/C13H17NO2/c1-10-12(5-2-8-14-10)13(15)7-6-11-4-3-9-16-11/h2,5,8,11H,3-4,6-7,9H2,1H3. The van der Waals surface area contributed by atoms with Crippen LogP contribution in [0.1, 0.15) is 41.7 Å². The van der Waals surface area contributed by atoms with E-state index in [4.69, 9.17) is 4.74 Å². The number of rotatable bonds is 4. The molecule has 0 amide bonds. The monoisotopic (exact) mass is 219 g/mol. The van der Waals surface area contributed by atoms with Gasteiger partial charge in [-0.1, -0.05) is 0 Å². The lowest BCUT2D eigenvalue weighted by Gasteiger charge is -2.08. The molecule has 3 nitrogen and oxygen atoms in total. The van der Waals surface area contributed by atoms with Gasteiger partial charge in [0, 0.05) is 30.5 Å². The van der Waals surface area contributed by atoms with Crippen LogP contribution in [-0.2, 0) is 4.74 Å². The molecule has 1 aliphatic heterocycles. The van der Waals surface area contributed by atoms with E-state index in [1.807, 2.05) is 19.1 Å². The normalized spacial score (nSPS) is 19.9. The second-order valence-electron chi connectivity index (χ2n) is 4.23. The van der Waals surface area contributed by atoms with Crippen LogP contribution >= 0.6 is 0 Å². The van der Waals surface area contributed by atoms with E-state index in [2.05, 4.69) is 4.98 Å². The summed E-state index contributed by atoms with van der Waals surface area (Å²) in [7, 11) is 0. The molecule has 0 spiro atoms. The van der Waals surface area contributed by atoms with Gasteiger partial charge in [0.15, 0.2) is 5.78 Å². The Balaban J connectivity index is 1.90. The number of carbonyl (C=O) groups excluding carboxylic acids is 1. The van der Waals surface area contributed by atoms with E-state index in [-0.39, 0.29) is 5.78 Å². The minimum Gasteiger partial charge on any atom is -0.378 e. The quantitative estimate of drug-likeness (QED) is 0.730. The van der Waals surface area contributed by atoms with Gasteiger partial charge in [-0.3, -0.25) is 9.78 Å². The number of pyridine rings is 1. The van der Waals surface area contributed by atoms with Crippen LogP contribution in [0.4, 0.5) is 0 Å². The Kier molecular flexibility index (Phi) is 3.67. The van der Waals surface area contributed by atoms with E-state index < -0.39 is 0 Å². The van der Waals surface area contributed by atoms with Crippen molar-refractivity contribution >= 4 is 5.78 Å². The third-order valence-electron chi connectivity index (χ3n) is 3.02. The minimum atomic E-state index is 0.182. The Labute approximate surface area is 95.8 Å². The van der Waals surface area contributed by atoms with E-state index in [1.165, 1.54) is 0 Å². The fourth-order valence-electron chi connectivity index (χ4n) is 2.08. The van der Waals surface area contributed by atoms with Gasteiger partial charge in [-0.2, -0.15) is 0 Å². The predicted molar refractivity (Wildman–Crippen MR) is 61.5 cm³/mol. The van der Waals surface area contributed by atoms with Gasteiger partial charge >= 0.3 is 0 Å². The van der Waals surface area contributed by atoms with Crippen molar-refractivity contribution in [1.29, 1.82) is 0 Å². The number of hydrogen-bond donors (Lipinski definition) is 0. The first-order chi connectivity index (χ1) is 7.77. The molecular formula is C13H17NO2. The highest BCUT2D eigenvalue weighted by atomic mass is 16.5. The van der Waals surface area contributed by atoms with Gasteiger partial charge in [-0.15, -0.1) is 0 Å². The summed E-state index contributed by atoms with van der Waals surface area (Å²) < 4.78 is 5.50. The number of ether oxygens (including phenoxy) is 1. The van der Waals surface area contributed by atoms with Crippen LogP contribution in [0.15, 0.2) is 18.3 Å². The smallest absolute Gasteiger partial charge is 0.164 e. The van der Waals surface area contributed by atoms with Crippen molar-refractivity contribution in [2.75, 3.05) is 6.61 Å². The lowest BCUT2D eigenvalue weighted by Crippen LogP contribution is -2.10.